The van der Waals surface area contributed by atoms with Gasteiger partial charge in [0, 0.05) is 11.1 Å². The second-order valence-electron chi connectivity index (χ2n) is 28.9. The second kappa shape index (κ2) is 22.0. The average molecular weight is 1160 g/mol. The number of hydrogen-bond acceptors (Lipinski definition) is 2. The molecule has 0 atom stereocenters. The van der Waals surface area contributed by atoms with Crippen molar-refractivity contribution < 1.29 is 16.5 Å². The molecule has 5 heteroatoms. The summed E-state index contributed by atoms with van der Waals surface area (Å²) in [5.74, 6) is 0. The summed E-state index contributed by atoms with van der Waals surface area (Å²) in [6.45, 7) is 45.3. The van der Waals surface area contributed by atoms with Crippen LogP contribution < -0.4 is 9.97 Å². The summed E-state index contributed by atoms with van der Waals surface area (Å²) < 4.78 is 0. The SMILES string of the molecule is Cc1cc(C)cc(C2=Cc3nc2cc2[n-]c(cc2-c2cc(C)cc(C)c2)c(-c2cc(C(C)(C)C)cc(C(C)(C)C)c2)c2nc(cc4[n-]c(cc4-c4cc(C)cc(C)c4)c3-c3cc(C(C)(C)C)cc(C(C)(C)C)c3)C(c3cc(C)cc(C)c3)=C2)c1.[Ni+2]. The van der Waals surface area contributed by atoms with Crippen molar-refractivity contribution >= 4 is 45.4 Å². The topological polar surface area (TPSA) is 54.0 Å². The number of aryl methyl sites for hydroxylation is 8. The molecule has 0 unspecified atom stereocenters. The standard InChI is InChI=1S/C80H84N4.Ni/c1-45-21-46(2)26-53(25-45)63-39-71-75(57-33-59(77(9,10)11)37-60(34-57)78(12,13)14)72-41-65(55-29-49(5)23-50(6)30-55)69(83-72)44-70-66(56-31-51(7)24-52(8)32-56)42-74(84-70)76(58-35-61(79(15,16)17)38-62(36-58)80(18,19)20)73-40-64(68(82-73)43-67(63)81-71)54-27-47(3)22-48(4)28-54;/h21-44H,1-20H3;/q-2;+2. The quantitative estimate of drug-likeness (QED) is 0.156. The molecule has 0 saturated heterocycles. The number of rotatable bonds is 6. The minimum Gasteiger partial charge on any atom is -0.657 e. The van der Waals surface area contributed by atoms with Gasteiger partial charge in [0.1, 0.15) is 0 Å². The van der Waals surface area contributed by atoms with Gasteiger partial charge in [-0.2, -0.15) is 0 Å². The first-order chi connectivity index (χ1) is 39.3. The Kier molecular flexibility index (Phi) is 15.7. The number of nitrogens with zero attached hydrogens (tertiary/aromatic N) is 4. The van der Waals surface area contributed by atoms with Crippen LogP contribution in [0.15, 0.2) is 133 Å². The zero-order valence-electron chi connectivity index (χ0n) is 54.0. The molecule has 0 N–H and O–H groups in total. The molecule has 0 amide bonds. The van der Waals surface area contributed by atoms with E-state index in [0.29, 0.717) is 0 Å². The van der Waals surface area contributed by atoms with Crippen molar-refractivity contribution in [3.8, 4) is 44.5 Å². The van der Waals surface area contributed by atoms with Crippen LogP contribution in [0.5, 0.6) is 0 Å². The normalized spacial score (nSPS) is 13.0. The van der Waals surface area contributed by atoms with Gasteiger partial charge < -0.3 is 9.97 Å². The van der Waals surface area contributed by atoms with E-state index in [9.17, 15) is 0 Å². The van der Waals surface area contributed by atoms with Gasteiger partial charge in [-0.05, 0) is 179 Å². The van der Waals surface area contributed by atoms with E-state index in [1.54, 1.807) is 0 Å². The van der Waals surface area contributed by atoms with Gasteiger partial charge in [0.05, 0.1) is 22.8 Å². The predicted molar refractivity (Wildman–Crippen MR) is 360 cm³/mol. The Morgan fingerprint density at radius 3 is 0.788 bits per heavy atom. The molecule has 6 aromatic carbocycles. The maximum atomic E-state index is 5.92. The largest absolute Gasteiger partial charge is 2.00 e. The molecule has 0 fully saturated rings. The van der Waals surface area contributed by atoms with Gasteiger partial charge in [-0.1, -0.05) is 249 Å². The Morgan fingerprint density at radius 1 is 0.271 bits per heavy atom. The first-order valence-electron chi connectivity index (χ1n) is 30.1. The maximum Gasteiger partial charge on any atom is 2.00 e. The Hall–Kier alpha value is -7.59. The Labute approximate surface area is 517 Å². The third-order valence-corrected chi connectivity index (χ3v) is 16.8. The van der Waals surface area contributed by atoms with Crippen LogP contribution in [0, 0.1) is 55.4 Å². The number of fused-ring (bicyclic) bond motifs is 8. The van der Waals surface area contributed by atoms with Crippen LogP contribution in [-0.4, -0.2) is 9.97 Å². The molecule has 8 bridgehead atoms. The van der Waals surface area contributed by atoms with Gasteiger partial charge in [-0.25, -0.2) is 9.97 Å². The predicted octanol–water partition coefficient (Wildman–Crippen LogP) is 21.1. The molecule has 0 aliphatic carbocycles. The summed E-state index contributed by atoms with van der Waals surface area (Å²) in [5.41, 5.74) is 33.6. The molecule has 0 radical (unpaired) electrons. The molecular formula is C80H84N4Ni. The molecule has 0 spiro atoms. The zero-order valence-corrected chi connectivity index (χ0v) is 54.9. The number of hydrogen-bond donors (Lipinski definition) is 0. The van der Waals surface area contributed by atoms with E-state index >= 15 is 0 Å². The maximum absolute atomic E-state index is 5.92. The van der Waals surface area contributed by atoms with E-state index < -0.39 is 0 Å². The first kappa shape index (κ1) is 60.5. The minimum atomic E-state index is -0.143. The van der Waals surface area contributed by atoms with Gasteiger partial charge in [0.25, 0.3) is 0 Å². The van der Waals surface area contributed by atoms with Crippen molar-refractivity contribution in [1.82, 2.24) is 19.9 Å². The van der Waals surface area contributed by atoms with Crippen molar-refractivity contribution in [3.63, 3.8) is 0 Å². The van der Waals surface area contributed by atoms with Crippen LogP contribution in [0.3, 0.4) is 0 Å². The summed E-state index contributed by atoms with van der Waals surface area (Å²) in [7, 11) is 0. The van der Waals surface area contributed by atoms with Crippen molar-refractivity contribution in [2.24, 2.45) is 0 Å². The van der Waals surface area contributed by atoms with Crippen LogP contribution in [0.2, 0.25) is 0 Å². The summed E-state index contributed by atoms with van der Waals surface area (Å²) in [4.78, 5) is 23.7. The fraction of sp³-hybridized carbons (Fsp3) is 0.300. The monoisotopic (exact) mass is 1160 g/mol. The fourth-order valence-electron chi connectivity index (χ4n) is 12.5. The molecule has 4 nitrogen and oxygen atoms in total. The van der Waals surface area contributed by atoms with Gasteiger partial charge in [-0.3, -0.25) is 0 Å². The molecule has 11 rings (SSSR count). The van der Waals surface area contributed by atoms with Crippen LogP contribution >= 0.6 is 0 Å². The molecule has 3 aromatic heterocycles. The summed E-state index contributed by atoms with van der Waals surface area (Å²) >= 11 is 0. The third-order valence-electron chi connectivity index (χ3n) is 16.8. The van der Waals surface area contributed by atoms with E-state index in [-0.39, 0.29) is 38.2 Å². The molecule has 5 heterocycles. The van der Waals surface area contributed by atoms with Gasteiger partial charge in [0.15, 0.2) is 0 Å². The average Bonchev–Trinajstić information content (AvgIpc) is 1.87. The molecule has 9 aromatic rings. The van der Waals surface area contributed by atoms with E-state index in [2.05, 4.69) is 284 Å². The van der Waals surface area contributed by atoms with Gasteiger partial charge >= 0.3 is 16.5 Å². The Balaban J connectivity index is 0.00000803. The van der Waals surface area contributed by atoms with Crippen LogP contribution in [0.1, 0.15) is 184 Å². The van der Waals surface area contributed by atoms with Gasteiger partial charge in [-0.15, -0.1) is 22.1 Å². The van der Waals surface area contributed by atoms with Crippen LogP contribution in [0.25, 0.3) is 89.9 Å². The van der Waals surface area contributed by atoms with E-state index in [4.69, 9.17) is 19.9 Å². The second-order valence-corrected chi connectivity index (χ2v) is 28.9. The van der Waals surface area contributed by atoms with Gasteiger partial charge in [0.2, 0.25) is 0 Å². The molecule has 0 saturated carbocycles. The minimum absolute atomic E-state index is 0. The van der Waals surface area contributed by atoms with Crippen molar-refractivity contribution in [2.45, 2.75) is 160 Å². The van der Waals surface area contributed by atoms with E-state index in [0.717, 1.165) is 112 Å². The molecular weight excluding hydrogens is 1080 g/mol. The molecule has 2 aliphatic rings. The first-order valence-corrected chi connectivity index (χ1v) is 30.1. The van der Waals surface area contributed by atoms with Crippen molar-refractivity contribution in [2.75, 3.05) is 0 Å². The molecule has 2 aliphatic heterocycles. The van der Waals surface area contributed by atoms with Crippen molar-refractivity contribution in [3.05, 3.63) is 234 Å². The summed E-state index contributed by atoms with van der Waals surface area (Å²) in [6, 6.07) is 51.0. The number of benzene rings is 6. The fourth-order valence-corrected chi connectivity index (χ4v) is 12.5. The summed E-state index contributed by atoms with van der Waals surface area (Å²) in [6.07, 6.45) is 4.66. The Morgan fingerprint density at radius 2 is 0.529 bits per heavy atom. The van der Waals surface area contributed by atoms with E-state index in [1.165, 1.54) is 66.8 Å². The smallest absolute Gasteiger partial charge is 0.657 e. The number of aromatic nitrogens is 4. The molecule has 85 heavy (non-hydrogen) atoms. The zero-order chi connectivity index (χ0) is 60.3. The van der Waals surface area contributed by atoms with Crippen LogP contribution in [-0.2, 0) is 38.2 Å². The Bertz CT molecular complexity index is 3990. The molecule has 434 valence electrons. The summed E-state index contributed by atoms with van der Waals surface area (Å²) in [5, 5.41) is 0. The van der Waals surface area contributed by atoms with E-state index in [1.807, 2.05) is 0 Å². The van der Waals surface area contributed by atoms with Crippen molar-refractivity contribution in [1.29, 1.82) is 0 Å². The third kappa shape index (κ3) is 12.4. The van der Waals surface area contributed by atoms with Crippen LogP contribution in [0.4, 0.5) is 0 Å².